The Balaban J connectivity index is 3.07. The monoisotopic (exact) mass is 266 g/mol. The van der Waals surface area contributed by atoms with Crippen LogP contribution in [0.1, 0.15) is 41.0 Å². The van der Waals surface area contributed by atoms with Gasteiger partial charge in [0.2, 0.25) is 5.91 Å². The molecule has 1 aliphatic heterocycles. The molecule has 1 fully saturated rings. The summed E-state index contributed by atoms with van der Waals surface area (Å²) in [6, 6.07) is -0.329. The van der Waals surface area contributed by atoms with Crippen LogP contribution in [0.4, 0.5) is 0 Å². The number of rotatable bonds is 4. The van der Waals surface area contributed by atoms with Crippen LogP contribution in [0.2, 0.25) is 0 Å². The molecular formula is C15H26N2O2. The van der Waals surface area contributed by atoms with Gasteiger partial charge in [0.15, 0.2) is 0 Å². The Kier molecular flexibility index (Phi) is 5.00. The van der Waals surface area contributed by atoms with Crippen LogP contribution in [0, 0.1) is 24.2 Å². The zero-order chi connectivity index (χ0) is 14.8. The van der Waals surface area contributed by atoms with E-state index in [0.717, 1.165) is 6.42 Å². The molecule has 1 saturated heterocycles. The van der Waals surface area contributed by atoms with Crippen molar-refractivity contribution in [2.45, 2.75) is 64.8 Å². The minimum absolute atomic E-state index is 0.127. The van der Waals surface area contributed by atoms with Crippen molar-refractivity contribution in [1.29, 1.82) is 0 Å². The lowest BCUT2D eigenvalue weighted by atomic mass is 9.80. The fourth-order valence-corrected chi connectivity index (χ4v) is 2.83. The number of carbonyl (C=O) groups is 1. The van der Waals surface area contributed by atoms with Gasteiger partial charge in [-0.3, -0.25) is 4.79 Å². The van der Waals surface area contributed by atoms with Gasteiger partial charge in [0, 0.05) is 6.92 Å². The molecule has 0 spiro atoms. The van der Waals surface area contributed by atoms with Crippen LogP contribution < -0.4 is 11.1 Å². The van der Waals surface area contributed by atoms with Gasteiger partial charge in [-0.05, 0) is 18.3 Å². The predicted molar refractivity (Wildman–Crippen MR) is 76.3 cm³/mol. The maximum absolute atomic E-state index is 11.4. The molecule has 0 saturated carbocycles. The van der Waals surface area contributed by atoms with Crippen molar-refractivity contribution < 1.29 is 9.53 Å². The average Bonchev–Trinajstić information content (AvgIpc) is 2.53. The fourth-order valence-electron chi connectivity index (χ4n) is 2.83. The van der Waals surface area contributed by atoms with Gasteiger partial charge in [0.1, 0.15) is 5.54 Å². The summed E-state index contributed by atoms with van der Waals surface area (Å²) in [5, 5.41) is 2.89. The number of carbonyl (C=O) groups excluding carboxylic acids is 1. The normalized spacial score (nSPS) is 34.6. The van der Waals surface area contributed by atoms with Crippen molar-refractivity contribution in [3.8, 4) is 12.3 Å². The fraction of sp³-hybridized carbons (Fsp3) is 0.800. The Labute approximate surface area is 116 Å². The largest absolute Gasteiger partial charge is 0.369 e. The van der Waals surface area contributed by atoms with Gasteiger partial charge in [-0.1, -0.05) is 33.6 Å². The van der Waals surface area contributed by atoms with Crippen molar-refractivity contribution in [2.75, 3.05) is 0 Å². The summed E-state index contributed by atoms with van der Waals surface area (Å²) in [6.07, 6.45) is 6.11. The molecule has 3 N–H and O–H groups in total. The molecule has 0 bridgehead atoms. The van der Waals surface area contributed by atoms with Crippen molar-refractivity contribution in [3.63, 3.8) is 0 Å². The Morgan fingerprint density at radius 1 is 1.47 bits per heavy atom. The van der Waals surface area contributed by atoms with Gasteiger partial charge in [-0.15, -0.1) is 6.42 Å². The summed E-state index contributed by atoms with van der Waals surface area (Å²) in [6.45, 7) is 9.78. The van der Waals surface area contributed by atoms with E-state index in [4.69, 9.17) is 16.9 Å². The molecule has 0 unspecified atom stereocenters. The van der Waals surface area contributed by atoms with Crippen LogP contribution in [-0.2, 0) is 9.53 Å². The second-order valence-electron chi connectivity index (χ2n) is 6.22. The van der Waals surface area contributed by atoms with E-state index in [-0.39, 0.29) is 30.1 Å². The van der Waals surface area contributed by atoms with Crippen LogP contribution in [0.5, 0.6) is 0 Å². The highest BCUT2D eigenvalue weighted by Gasteiger charge is 2.54. The number of terminal acetylenes is 1. The third kappa shape index (κ3) is 3.29. The molecule has 0 aromatic heterocycles. The first-order chi connectivity index (χ1) is 8.72. The van der Waals surface area contributed by atoms with E-state index in [1.807, 2.05) is 13.8 Å². The maximum Gasteiger partial charge on any atom is 0.217 e. The molecule has 0 aliphatic carbocycles. The zero-order valence-electron chi connectivity index (χ0n) is 12.6. The van der Waals surface area contributed by atoms with Crippen molar-refractivity contribution in [3.05, 3.63) is 0 Å². The number of ether oxygens (including phenoxy) is 1. The van der Waals surface area contributed by atoms with Gasteiger partial charge in [0.05, 0.1) is 18.2 Å². The lowest BCUT2D eigenvalue weighted by Crippen LogP contribution is -2.62. The van der Waals surface area contributed by atoms with E-state index in [2.05, 4.69) is 25.1 Å². The third-order valence-electron chi connectivity index (χ3n) is 3.60. The van der Waals surface area contributed by atoms with Gasteiger partial charge >= 0.3 is 0 Å². The number of amides is 1. The molecule has 4 nitrogen and oxygen atoms in total. The van der Waals surface area contributed by atoms with Gasteiger partial charge in [-0.2, -0.15) is 0 Å². The summed E-state index contributed by atoms with van der Waals surface area (Å²) in [7, 11) is 0. The molecular weight excluding hydrogens is 240 g/mol. The molecule has 19 heavy (non-hydrogen) atoms. The Morgan fingerprint density at radius 2 is 2.05 bits per heavy atom. The standard InChI is InChI=1S/C15H26N2O2/c1-7-15(16)13(17-11(6)18)12(8-9(2)3)19-14(15)10(4)5/h1,9-10,12-14H,8,16H2,2-6H3,(H,17,18)/t12-,13+,14+,15-/m1/s1. The molecule has 0 aromatic carbocycles. The van der Waals surface area contributed by atoms with E-state index in [1.165, 1.54) is 6.92 Å². The maximum atomic E-state index is 11.4. The second-order valence-corrected chi connectivity index (χ2v) is 6.22. The molecule has 0 aromatic rings. The Morgan fingerprint density at radius 3 is 2.42 bits per heavy atom. The highest BCUT2D eigenvalue weighted by molar-refractivity contribution is 5.73. The van der Waals surface area contributed by atoms with Crippen LogP contribution in [0.25, 0.3) is 0 Å². The minimum Gasteiger partial charge on any atom is -0.369 e. The first kappa shape index (κ1) is 16.0. The first-order valence-electron chi connectivity index (χ1n) is 6.91. The number of hydrogen-bond acceptors (Lipinski definition) is 3. The molecule has 1 amide bonds. The van der Waals surface area contributed by atoms with Crippen LogP contribution >= 0.6 is 0 Å². The zero-order valence-corrected chi connectivity index (χ0v) is 12.6. The van der Waals surface area contributed by atoms with Crippen LogP contribution in [0.3, 0.4) is 0 Å². The van der Waals surface area contributed by atoms with Gasteiger partial charge < -0.3 is 15.8 Å². The second kappa shape index (κ2) is 5.94. The quantitative estimate of drug-likeness (QED) is 0.754. The van der Waals surface area contributed by atoms with Crippen molar-refractivity contribution in [1.82, 2.24) is 5.32 Å². The summed E-state index contributed by atoms with van der Waals surface area (Å²) in [5.74, 6) is 3.20. The van der Waals surface area contributed by atoms with E-state index < -0.39 is 5.54 Å². The average molecular weight is 266 g/mol. The van der Waals surface area contributed by atoms with E-state index in [9.17, 15) is 4.79 Å². The Bertz CT molecular complexity index is 373. The molecule has 1 heterocycles. The van der Waals surface area contributed by atoms with Crippen LogP contribution in [0.15, 0.2) is 0 Å². The van der Waals surface area contributed by atoms with Gasteiger partial charge in [-0.25, -0.2) is 0 Å². The minimum atomic E-state index is -0.945. The van der Waals surface area contributed by atoms with Crippen molar-refractivity contribution >= 4 is 5.91 Å². The summed E-state index contributed by atoms with van der Waals surface area (Å²) >= 11 is 0. The van der Waals surface area contributed by atoms with E-state index >= 15 is 0 Å². The Hall–Kier alpha value is -1.05. The number of nitrogens with one attached hydrogen (secondary N) is 1. The SMILES string of the molecule is C#C[C@]1(N)[C@H](C(C)C)O[C@H](CC(C)C)[C@@H]1NC(C)=O. The lowest BCUT2D eigenvalue weighted by molar-refractivity contribution is -0.120. The smallest absolute Gasteiger partial charge is 0.217 e. The van der Waals surface area contributed by atoms with E-state index in [1.54, 1.807) is 0 Å². The van der Waals surface area contributed by atoms with E-state index in [0.29, 0.717) is 5.92 Å². The predicted octanol–water partition coefficient (Wildman–Crippen LogP) is 1.29. The lowest BCUT2D eigenvalue weighted by Gasteiger charge is -2.32. The summed E-state index contributed by atoms with van der Waals surface area (Å²) in [5.41, 5.74) is 5.44. The van der Waals surface area contributed by atoms with Crippen LogP contribution in [-0.4, -0.2) is 29.7 Å². The number of nitrogens with two attached hydrogens (primary N) is 1. The third-order valence-corrected chi connectivity index (χ3v) is 3.60. The molecule has 4 atom stereocenters. The van der Waals surface area contributed by atoms with Crippen molar-refractivity contribution in [2.24, 2.45) is 17.6 Å². The molecule has 108 valence electrons. The number of hydrogen-bond donors (Lipinski definition) is 2. The first-order valence-corrected chi connectivity index (χ1v) is 6.91. The molecule has 1 rings (SSSR count). The highest BCUT2D eigenvalue weighted by Crippen LogP contribution is 2.35. The summed E-state index contributed by atoms with van der Waals surface area (Å²) < 4.78 is 6.07. The topological polar surface area (TPSA) is 64.3 Å². The highest BCUT2D eigenvalue weighted by atomic mass is 16.5. The summed E-state index contributed by atoms with van der Waals surface area (Å²) in [4.78, 5) is 11.4. The molecule has 0 radical (unpaired) electrons. The molecule has 1 aliphatic rings. The molecule has 4 heteroatoms. The van der Waals surface area contributed by atoms with Gasteiger partial charge in [0.25, 0.3) is 0 Å².